The van der Waals surface area contributed by atoms with E-state index in [1.807, 2.05) is 30.3 Å². The number of hydrogen-bond acceptors (Lipinski definition) is 8. The molecule has 4 aromatic rings. The Morgan fingerprint density at radius 2 is 1.94 bits per heavy atom. The number of para-hydroxylation sites is 1. The molecule has 0 fully saturated rings. The highest BCUT2D eigenvalue weighted by molar-refractivity contribution is 5.72. The third kappa shape index (κ3) is 4.72. The van der Waals surface area contributed by atoms with E-state index in [1.165, 1.54) is 0 Å². The summed E-state index contributed by atoms with van der Waals surface area (Å²) < 4.78 is 22.7. The predicted molar refractivity (Wildman–Crippen MR) is 110 cm³/mol. The fraction of sp³-hybridized carbons (Fsp3) is 0.182. The molecular weight excluding hydrogens is 400 g/mol. The van der Waals surface area contributed by atoms with E-state index in [0.29, 0.717) is 22.9 Å². The minimum atomic E-state index is -0.422. The summed E-state index contributed by atoms with van der Waals surface area (Å²) in [5.41, 5.74) is 2.29. The molecule has 9 heteroatoms. The average Bonchev–Trinajstić information content (AvgIpc) is 3.47. The number of hydrogen-bond donors (Lipinski definition) is 0. The van der Waals surface area contributed by atoms with Crippen LogP contribution in [0.15, 0.2) is 65.4 Å². The van der Waals surface area contributed by atoms with E-state index in [2.05, 4.69) is 15.2 Å². The Hall–Kier alpha value is -4.14. The van der Waals surface area contributed by atoms with Gasteiger partial charge in [-0.05, 0) is 24.3 Å². The largest absolute Gasteiger partial charge is 0.497 e. The molecular formula is C22H20N4O5. The lowest BCUT2D eigenvalue weighted by Crippen LogP contribution is -2.07. The minimum Gasteiger partial charge on any atom is -0.497 e. The molecule has 0 aliphatic rings. The maximum absolute atomic E-state index is 12.2. The van der Waals surface area contributed by atoms with Crippen LogP contribution in [0.25, 0.3) is 17.1 Å². The molecule has 158 valence electrons. The Morgan fingerprint density at radius 3 is 2.71 bits per heavy atom. The molecule has 2 aromatic heterocycles. The molecule has 9 nitrogen and oxygen atoms in total. The summed E-state index contributed by atoms with van der Waals surface area (Å²) in [7, 11) is 3.11. The van der Waals surface area contributed by atoms with Gasteiger partial charge in [-0.1, -0.05) is 23.4 Å². The van der Waals surface area contributed by atoms with Crippen molar-refractivity contribution in [2.45, 2.75) is 13.0 Å². The summed E-state index contributed by atoms with van der Waals surface area (Å²) in [5, 5.41) is 8.21. The van der Waals surface area contributed by atoms with E-state index < -0.39 is 5.97 Å². The van der Waals surface area contributed by atoms with Crippen LogP contribution in [0, 0.1) is 0 Å². The van der Waals surface area contributed by atoms with Crippen LogP contribution in [0.4, 0.5) is 0 Å². The smallest absolute Gasteiger partial charge is 0.310 e. The first-order valence-corrected chi connectivity index (χ1v) is 9.46. The number of rotatable bonds is 8. The van der Waals surface area contributed by atoms with Gasteiger partial charge >= 0.3 is 5.97 Å². The molecule has 0 aliphatic carbocycles. The van der Waals surface area contributed by atoms with Crippen molar-refractivity contribution in [2.75, 3.05) is 14.2 Å². The molecule has 4 rings (SSSR count). The number of nitrogens with zero attached hydrogens (tertiary/aromatic N) is 4. The highest BCUT2D eigenvalue weighted by Gasteiger charge is 2.16. The fourth-order valence-electron chi connectivity index (χ4n) is 2.94. The molecule has 0 bridgehead atoms. The topological polar surface area (TPSA) is 102 Å². The van der Waals surface area contributed by atoms with Crippen molar-refractivity contribution in [3.63, 3.8) is 0 Å². The lowest BCUT2D eigenvalue weighted by molar-refractivity contribution is -0.144. The Bertz CT molecular complexity index is 1170. The van der Waals surface area contributed by atoms with E-state index in [9.17, 15) is 4.79 Å². The monoisotopic (exact) mass is 420 g/mol. The number of esters is 1. The molecule has 31 heavy (non-hydrogen) atoms. The van der Waals surface area contributed by atoms with E-state index >= 15 is 0 Å². The Morgan fingerprint density at radius 1 is 1.10 bits per heavy atom. The molecule has 0 atom stereocenters. The average molecular weight is 420 g/mol. The van der Waals surface area contributed by atoms with Crippen molar-refractivity contribution in [1.82, 2.24) is 19.9 Å². The van der Waals surface area contributed by atoms with Gasteiger partial charge in [0.2, 0.25) is 5.82 Å². The van der Waals surface area contributed by atoms with Crippen LogP contribution >= 0.6 is 0 Å². The standard InChI is InChI=1S/C22H20N4O5/c1-28-17-8-9-18(19(11-17)29-2)22-24-20(31-25-22)14-30-21(27)10-15-12-23-26(13-15)16-6-4-3-5-7-16/h3-9,11-13H,10,14H2,1-2H3. The van der Waals surface area contributed by atoms with Crippen LogP contribution in [0.1, 0.15) is 11.5 Å². The SMILES string of the molecule is COc1ccc(-c2noc(COC(=O)Cc3cnn(-c4ccccc4)c3)n2)c(OC)c1. The third-order valence-electron chi connectivity index (χ3n) is 4.48. The minimum absolute atomic E-state index is 0.0835. The summed E-state index contributed by atoms with van der Waals surface area (Å²) >= 11 is 0. The molecule has 0 aliphatic heterocycles. The van der Waals surface area contributed by atoms with Gasteiger partial charge in [0.05, 0.1) is 38.1 Å². The van der Waals surface area contributed by atoms with Crippen LogP contribution in [-0.2, 0) is 22.6 Å². The highest BCUT2D eigenvalue weighted by atomic mass is 16.6. The number of methoxy groups -OCH3 is 2. The first-order chi connectivity index (χ1) is 15.2. The van der Waals surface area contributed by atoms with Crippen molar-refractivity contribution in [3.05, 3.63) is 72.4 Å². The zero-order chi connectivity index (χ0) is 21.6. The number of ether oxygens (including phenoxy) is 3. The van der Waals surface area contributed by atoms with Crippen LogP contribution in [0.2, 0.25) is 0 Å². The normalized spacial score (nSPS) is 10.6. The van der Waals surface area contributed by atoms with Crippen LogP contribution < -0.4 is 9.47 Å². The van der Waals surface area contributed by atoms with Crippen molar-refractivity contribution in [2.24, 2.45) is 0 Å². The highest BCUT2D eigenvalue weighted by Crippen LogP contribution is 2.31. The van der Waals surface area contributed by atoms with Gasteiger partial charge in [0.25, 0.3) is 5.89 Å². The molecule has 0 N–H and O–H groups in total. The van der Waals surface area contributed by atoms with Gasteiger partial charge < -0.3 is 18.7 Å². The Balaban J connectivity index is 1.36. The molecule has 2 aromatic carbocycles. The van der Waals surface area contributed by atoms with Gasteiger partial charge in [-0.2, -0.15) is 10.1 Å². The number of aromatic nitrogens is 4. The van der Waals surface area contributed by atoms with Crippen molar-refractivity contribution < 1.29 is 23.5 Å². The van der Waals surface area contributed by atoms with Gasteiger partial charge in [-0.25, -0.2) is 4.68 Å². The zero-order valence-electron chi connectivity index (χ0n) is 17.0. The predicted octanol–water partition coefficient (Wildman–Crippen LogP) is 3.23. The molecule has 0 amide bonds. The van der Waals surface area contributed by atoms with Crippen molar-refractivity contribution in [3.8, 4) is 28.6 Å². The van der Waals surface area contributed by atoms with Gasteiger partial charge in [0.1, 0.15) is 11.5 Å². The van der Waals surface area contributed by atoms with Crippen LogP contribution in [0.3, 0.4) is 0 Å². The van der Waals surface area contributed by atoms with Crippen molar-refractivity contribution >= 4 is 5.97 Å². The van der Waals surface area contributed by atoms with E-state index in [-0.39, 0.29) is 18.9 Å². The van der Waals surface area contributed by atoms with E-state index in [4.69, 9.17) is 18.7 Å². The summed E-state index contributed by atoms with van der Waals surface area (Å²) in [5.74, 6) is 1.28. The Labute approximate surface area is 178 Å². The molecule has 0 radical (unpaired) electrons. The second-order valence-corrected chi connectivity index (χ2v) is 6.54. The van der Waals surface area contributed by atoms with Crippen molar-refractivity contribution in [1.29, 1.82) is 0 Å². The lowest BCUT2D eigenvalue weighted by Gasteiger charge is -2.07. The van der Waals surface area contributed by atoms with Crippen LogP contribution in [-0.4, -0.2) is 40.1 Å². The summed E-state index contributed by atoms with van der Waals surface area (Å²) in [4.78, 5) is 16.5. The second-order valence-electron chi connectivity index (χ2n) is 6.54. The number of carbonyl (C=O) groups is 1. The molecule has 0 saturated heterocycles. The first-order valence-electron chi connectivity index (χ1n) is 9.46. The number of benzene rings is 2. The molecule has 0 unspecified atom stereocenters. The van der Waals surface area contributed by atoms with Gasteiger partial charge in [0.15, 0.2) is 6.61 Å². The van der Waals surface area contributed by atoms with E-state index in [1.54, 1.807) is 49.5 Å². The Kier molecular flexibility index (Phi) is 5.93. The lowest BCUT2D eigenvalue weighted by atomic mass is 10.2. The number of carbonyl (C=O) groups excluding carboxylic acids is 1. The summed E-state index contributed by atoms with van der Waals surface area (Å²) in [6.45, 7) is -0.128. The van der Waals surface area contributed by atoms with Crippen LogP contribution in [0.5, 0.6) is 11.5 Å². The van der Waals surface area contributed by atoms with Gasteiger partial charge in [-0.3, -0.25) is 4.79 Å². The molecule has 0 saturated carbocycles. The van der Waals surface area contributed by atoms with E-state index in [0.717, 1.165) is 11.3 Å². The van der Waals surface area contributed by atoms with Gasteiger partial charge in [0, 0.05) is 17.8 Å². The molecule has 2 heterocycles. The molecule has 0 spiro atoms. The quantitative estimate of drug-likeness (QED) is 0.401. The van der Waals surface area contributed by atoms with Gasteiger partial charge in [-0.15, -0.1) is 0 Å². The second kappa shape index (κ2) is 9.12. The maximum atomic E-state index is 12.2. The third-order valence-corrected chi connectivity index (χ3v) is 4.48. The maximum Gasteiger partial charge on any atom is 0.310 e. The zero-order valence-corrected chi connectivity index (χ0v) is 17.0. The first kappa shape index (κ1) is 20.1. The summed E-state index contributed by atoms with van der Waals surface area (Å²) in [6, 6.07) is 14.9. The fourth-order valence-corrected chi connectivity index (χ4v) is 2.94. The summed E-state index contributed by atoms with van der Waals surface area (Å²) in [6.07, 6.45) is 3.51.